The topological polar surface area (TPSA) is 47.8 Å². The second-order valence-corrected chi connectivity index (χ2v) is 5.31. The molecular formula is C16H12F3N3O. The van der Waals surface area contributed by atoms with Crippen LogP contribution in [0.2, 0.25) is 0 Å². The summed E-state index contributed by atoms with van der Waals surface area (Å²) in [4.78, 5) is 12.5. The number of carbonyl (C=O) groups is 1. The van der Waals surface area contributed by atoms with Gasteiger partial charge in [-0.3, -0.25) is 4.79 Å². The van der Waals surface area contributed by atoms with Crippen molar-refractivity contribution in [2.75, 3.05) is 0 Å². The van der Waals surface area contributed by atoms with Gasteiger partial charge < -0.3 is 0 Å². The Morgan fingerprint density at radius 3 is 2.26 bits per heavy atom. The number of rotatable bonds is 1. The van der Waals surface area contributed by atoms with Crippen molar-refractivity contribution in [3.8, 4) is 0 Å². The number of fused-ring (bicyclic) bond motifs is 1. The molecule has 0 bridgehead atoms. The van der Waals surface area contributed by atoms with Crippen LogP contribution >= 0.6 is 0 Å². The summed E-state index contributed by atoms with van der Waals surface area (Å²) in [7, 11) is 0. The molecule has 0 aliphatic rings. The van der Waals surface area contributed by atoms with Gasteiger partial charge in [0.1, 0.15) is 5.52 Å². The fraction of sp³-hybridized carbons (Fsp3) is 0.188. The zero-order valence-electron chi connectivity index (χ0n) is 12.3. The van der Waals surface area contributed by atoms with Crippen molar-refractivity contribution in [3.05, 3.63) is 58.7 Å². The first-order chi connectivity index (χ1) is 10.8. The van der Waals surface area contributed by atoms with Crippen LogP contribution < -0.4 is 0 Å². The molecule has 3 aromatic rings. The van der Waals surface area contributed by atoms with Gasteiger partial charge >= 0.3 is 6.18 Å². The molecule has 0 atom stereocenters. The third kappa shape index (κ3) is 2.69. The fourth-order valence-electron chi connectivity index (χ4n) is 2.25. The minimum atomic E-state index is -4.43. The first-order valence-electron chi connectivity index (χ1n) is 6.82. The van der Waals surface area contributed by atoms with E-state index in [0.29, 0.717) is 11.0 Å². The highest BCUT2D eigenvalue weighted by Gasteiger charge is 2.30. The van der Waals surface area contributed by atoms with Gasteiger partial charge in [-0.15, -0.1) is 5.10 Å². The number of hydrogen-bond acceptors (Lipinski definition) is 3. The summed E-state index contributed by atoms with van der Waals surface area (Å²) in [5.41, 5.74) is 2.39. The first-order valence-corrected chi connectivity index (χ1v) is 6.82. The van der Waals surface area contributed by atoms with E-state index >= 15 is 0 Å². The smallest absolute Gasteiger partial charge is 0.267 e. The van der Waals surface area contributed by atoms with Gasteiger partial charge in [0, 0.05) is 5.56 Å². The van der Waals surface area contributed by atoms with Gasteiger partial charge in [-0.2, -0.15) is 17.9 Å². The van der Waals surface area contributed by atoms with Crippen molar-refractivity contribution < 1.29 is 18.0 Å². The quantitative estimate of drug-likeness (QED) is 0.686. The van der Waals surface area contributed by atoms with Crippen LogP contribution in [0.4, 0.5) is 13.2 Å². The van der Waals surface area contributed by atoms with Crippen LogP contribution in [0.25, 0.3) is 11.0 Å². The average molecular weight is 319 g/mol. The fourth-order valence-corrected chi connectivity index (χ4v) is 2.25. The molecule has 0 unspecified atom stereocenters. The van der Waals surface area contributed by atoms with Crippen LogP contribution in [-0.4, -0.2) is 20.9 Å². The van der Waals surface area contributed by atoms with Gasteiger partial charge in [-0.05, 0) is 61.4 Å². The number of alkyl halides is 3. The monoisotopic (exact) mass is 319 g/mol. The molecule has 0 N–H and O–H groups in total. The van der Waals surface area contributed by atoms with Crippen LogP contribution in [-0.2, 0) is 6.18 Å². The maximum atomic E-state index is 12.6. The molecule has 118 valence electrons. The molecule has 2 aromatic carbocycles. The molecule has 4 nitrogen and oxygen atoms in total. The Balaban J connectivity index is 2.02. The van der Waals surface area contributed by atoms with Crippen LogP contribution in [0.5, 0.6) is 0 Å². The Morgan fingerprint density at radius 2 is 1.65 bits per heavy atom. The van der Waals surface area contributed by atoms with E-state index in [1.165, 1.54) is 0 Å². The van der Waals surface area contributed by atoms with Crippen molar-refractivity contribution >= 4 is 16.9 Å². The molecule has 0 aliphatic heterocycles. The summed E-state index contributed by atoms with van der Waals surface area (Å²) in [5, 5.41) is 7.76. The van der Waals surface area contributed by atoms with Crippen molar-refractivity contribution in [2.45, 2.75) is 20.0 Å². The molecule has 0 saturated carbocycles. The predicted molar refractivity (Wildman–Crippen MR) is 78.2 cm³/mol. The van der Waals surface area contributed by atoms with Crippen molar-refractivity contribution in [2.24, 2.45) is 0 Å². The zero-order valence-corrected chi connectivity index (χ0v) is 12.3. The van der Waals surface area contributed by atoms with Gasteiger partial charge in [0.15, 0.2) is 0 Å². The summed E-state index contributed by atoms with van der Waals surface area (Å²) in [6.45, 7) is 3.82. The van der Waals surface area contributed by atoms with Crippen LogP contribution in [0.15, 0.2) is 36.4 Å². The second-order valence-electron chi connectivity index (χ2n) is 5.31. The summed E-state index contributed by atoms with van der Waals surface area (Å²) in [6, 6.07) is 7.63. The molecule has 0 fully saturated rings. The van der Waals surface area contributed by atoms with Crippen molar-refractivity contribution in [1.82, 2.24) is 15.0 Å². The summed E-state index contributed by atoms with van der Waals surface area (Å²) in [6.07, 6.45) is -4.43. The van der Waals surface area contributed by atoms with E-state index in [1.807, 2.05) is 19.9 Å². The van der Waals surface area contributed by atoms with Crippen LogP contribution in [0, 0.1) is 13.8 Å². The van der Waals surface area contributed by atoms with E-state index in [0.717, 1.165) is 40.1 Å². The maximum Gasteiger partial charge on any atom is 0.416 e. The summed E-state index contributed by atoms with van der Waals surface area (Å²) < 4.78 is 38.8. The van der Waals surface area contributed by atoms with E-state index in [9.17, 15) is 18.0 Å². The molecule has 0 saturated heterocycles. The number of aryl methyl sites for hydroxylation is 2. The summed E-state index contributed by atoms with van der Waals surface area (Å²) >= 11 is 0. The van der Waals surface area contributed by atoms with Crippen molar-refractivity contribution in [3.63, 3.8) is 0 Å². The minimum Gasteiger partial charge on any atom is -0.267 e. The Morgan fingerprint density at radius 1 is 1.04 bits per heavy atom. The number of aromatic nitrogens is 3. The van der Waals surface area contributed by atoms with E-state index in [2.05, 4.69) is 10.3 Å². The average Bonchev–Trinajstić information content (AvgIpc) is 2.89. The van der Waals surface area contributed by atoms with Crippen molar-refractivity contribution in [1.29, 1.82) is 0 Å². The third-order valence-corrected chi connectivity index (χ3v) is 3.71. The lowest BCUT2D eigenvalue weighted by molar-refractivity contribution is -0.137. The van der Waals surface area contributed by atoms with Gasteiger partial charge in [-0.25, -0.2) is 0 Å². The Kier molecular flexibility index (Phi) is 3.43. The molecule has 0 aliphatic carbocycles. The van der Waals surface area contributed by atoms with E-state index in [1.54, 1.807) is 6.07 Å². The molecule has 1 aromatic heterocycles. The van der Waals surface area contributed by atoms with E-state index in [4.69, 9.17) is 0 Å². The standard InChI is InChI=1S/C16H12F3N3O/c1-9-7-13-14(8-10(9)2)22(21-20-13)15(23)11-3-5-12(6-4-11)16(17,18)19/h3-8H,1-2H3. The first kappa shape index (κ1) is 15.2. The van der Waals surface area contributed by atoms with E-state index < -0.39 is 17.6 Å². The highest BCUT2D eigenvalue weighted by Crippen LogP contribution is 2.29. The molecule has 1 heterocycles. The Hall–Kier alpha value is -2.70. The number of carbonyl (C=O) groups excluding carboxylic acids is 1. The lowest BCUT2D eigenvalue weighted by atomic mass is 10.1. The normalized spacial score (nSPS) is 11.9. The van der Waals surface area contributed by atoms with Gasteiger partial charge in [0.2, 0.25) is 0 Å². The highest BCUT2D eigenvalue weighted by atomic mass is 19.4. The molecule has 7 heteroatoms. The molecule has 0 radical (unpaired) electrons. The Bertz CT molecular complexity index is 895. The second kappa shape index (κ2) is 5.19. The van der Waals surface area contributed by atoms with E-state index in [-0.39, 0.29) is 5.56 Å². The number of hydrogen-bond donors (Lipinski definition) is 0. The number of halogens is 3. The third-order valence-electron chi connectivity index (χ3n) is 3.71. The maximum absolute atomic E-state index is 12.6. The van der Waals surface area contributed by atoms with Gasteiger partial charge in [0.05, 0.1) is 11.1 Å². The van der Waals surface area contributed by atoms with Gasteiger partial charge in [-0.1, -0.05) is 5.21 Å². The summed E-state index contributed by atoms with van der Waals surface area (Å²) in [5.74, 6) is -0.524. The largest absolute Gasteiger partial charge is 0.416 e. The zero-order chi connectivity index (χ0) is 16.8. The van der Waals surface area contributed by atoms with Gasteiger partial charge in [0.25, 0.3) is 5.91 Å². The number of benzene rings is 2. The number of nitrogens with zero attached hydrogens (tertiary/aromatic N) is 3. The lowest BCUT2D eigenvalue weighted by Gasteiger charge is -2.07. The van der Waals surface area contributed by atoms with Crippen LogP contribution in [0.1, 0.15) is 27.0 Å². The van der Waals surface area contributed by atoms with Crippen LogP contribution in [0.3, 0.4) is 0 Å². The minimum absolute atomic E-state index is 0.114. The molecule has 0 amide bonds. The molecule has 3 rings (SSSR count). The molecular weight excluding hydrogens is 307 g/mol. The Labute approximate surface area is 129 Å². The SMILES string of the molecule is Cc1cc2nnn(C(=O)c3ccc(C(F)(F)F)cc3)c2cc1C. The predicted octanol–water partition coefficient (Wildman–Crippen LogP) is 3.76. The molecule has 23 heavy (non-hydrogen) atoms. The molecule has 0 spiro atoms. The lowest BCUT2D eigenvalue weighted by Crippen LogP contribution is -2.14. The highest BCUT2D eigenvalue weighted by molar-refractivity contribution is 6.00.